The quantitative estimate of drug-likeness (QED) is 0.903. The van der Waals surface area contributed by atoms with Crippen LogP contribution < -0.4 is 0 Å². The number of carboxylic acids is 1. The van der Waals surface area contributed by atoms with Crippen LogP contribution in [0.25, 0.3) is 0 Å². The van der Waals surface area contributed by atoms with E-state index in [9.17, 15) is 9.90 Å². The third-order valence-corrected chi connectivity index (χ3v) is 5.64. The Kier molecular flexibility index (Phi) is 2.44. The van der Waals surface area contributed by atoms with Gasteiger partial charge in [0, 0.05) is 0 Å². The number of rotatable bonds is 3. The Morgan fingerprint density at radius 2 is 1.79 bits per heavy atom. The smallest absolute Gasteiger partial charge is 0.328 e. The van der Waals surface area contributed by atoms with E-state index in [1.165, 1.54) is 38.4 Å². The summed E-state index contributed by atoms with van der Waals surface area (Å²) in [6.45, 7) is 0. The fourth-order valence-electron chi connectivity index (χ4n) is 5.30. The molecule has 4 aliphatic carbocycles. The minimum Gasteiger partial charge on any atom is -0.480 e. The topological polar surface area (TPSA) is 68.0 Å². The number of hydrogen-bond acceptors (Lipinski definition) is 3. The number of nitrogens with zero attached hydrogens (tertiary/aromatic N) is 3. The molecule has 5 rings (SSSR count). The summed E-state index contributed by atoms with van der Waals surface area (Å²) in [5, 5.41) is 13.7. The number of aromatic nitrogens is 3. The predicted octanol–water partition coefficient (Wildman–Crippen LogP) is 1.98. The first-order chi connectivity index (χ1) is 9.22. The van der Waals surface area contributed by atoms with Gasteiger partial charge in [0.2, 0.25) is 0 Å². The molecule has 0 radical (unpaired) electrons. The van der Waals surface area contributed by atoms with Crippen molar-refractivity contribution in [3.05, 3.63) is 12.7 Å². The maximum absolute atomic E-state index is 11.7. The molecule has 0 saturated heterocycles. The molecule has 1 N–H and O–H groups in total. The molecule has 1 aromatic heterocycles. The van der Waals surface area contributed by atoms with E-state index in [2.05, 4.69) is 10.1 Å². The van der Waals surface area contributed by atoms with Gasteiger partial charge in [0.15, 0.2) is 6.04 Å². The van der Waals surface area contributed by atoms with E-state index >= 15 is 0 Å². The summed E-state index contributed by atoms with van der Waals surface area (Å²) in [4.78, 5) is 15.7. The molecule has 0 aromatic carbocycles. The summed E-state index contributed by atoms with van der Waals surface area (Å²) in [5.74, 6) is 2.41. The van der Waals surface area contributed by atoms with Gasteiger partial charge in [0.05, 0.1) is 0 Å². The van der Waals surface area contributed by atoms with Crippen LogP contribution in [0.3, 0.4) is 0 Å². The van der Waals surface area contributed by atoms with Crippen LogP contribution in [0.1, 0.15) is 38.1 Å². The van der Waals surface area contributed by atoms with Crippen LogP contribution in [-0.4, -0.2) is 25.8 Å². The normalized spacial score (nSPS) is 41.4. The van der Waals surface area contributed by atoms with E-state index in [4.69, 9.17) is 0 Å². The van der Waals surface area contributed by atoms with Gasteiger partial charge in [-0.2, -0.15) is 5.10 Å². The summed E-state index contributed by atoms with van der Waals surface area (Å²) in [7, 11) is 0. The van der Waals surface area contributed by atoms with Crippen LogP contribution in [-0.2, 0) is 4.79 Å². The zero-order chi connectivity index (χ0) is 13.0. The van der Waals surface area contributed by atoms with Crippen molar-refractivity contribution in [3.63, 3.8) is 0 Å². The average molecular weight is 261 g/mol. The van der Waals surface area contributed by atoms with E-state index < -0.39 is 12.0 Å². The molecular weight excluding hydrogens is 242 g/mol. The van der Waals surface area contributed by atoms with Gasteiger partial charge in [0.1, 0.15) is 12.7 Å². The maximum Gasteiger partial charge on any atom is 0.328 e. The summed E-state index contributed by atoms with van der Waals surface area (Å²) < 4.78 is 1.56. The Morgan fingerprint density at radius 1 is 1.16 bits per heavy atom. The highest BCUT2D eigenvalue weighted by molar-refractivity contribution is 5.72. The molecule has 19 heavy (non-hydrogen) atoms. The Labute approximate surface area is 112 Å². The largest absolute Gasteiger partial charge is 0.480 e. The molecule has 4 bridgehead atoms. The van der Waals surface area contributed by atoms with Crippen molar-refractivity contribution in [3.8, 4) is 0 Å². The van der Waals surface area contributed by atoms with Crippen LogP contribution >= 0.6 is 0 Å². The summed E-state index contributed by atoms with van der Waals surface area (Å²) >= 11 is 0. The minimum atomic E-state index is -0.747. The van der Waals surface area contributed by atoms with Crippen molar-refractivity contribution in [1.29, 1.82) is 0 Å². The van der Waals surface area contributed by atoms with Crippen molar-refractivity contribution in [1.82, 2.24) is 14.8 Å². The van der Waals surface area contributed by atoms with Gasteiger partial charge in [-0.15, -0.1) is 0 Å². The molecular formula is C14H19N3O2. The average Bonchev–Trinajstić information content (AvgIpc) is 2.85. The van der Waals surface area contributed by atoms with Crippen LogP contribution in [0, 0.1) is 29.6 Å². The van der Waals surface area contributed by atoms with Gasteiger partial charge in [-0.05, 0) is 61.7 Å². The second-order valence-corrected chi connectivity index (χ2v) is 6.67. The molecule has 1 heterocycles. The SMILES string of the molecule is O=C(O)C(C1C2CC3CC(C2)CC1C3)n1cncn1. The first-order valence-corrected chi connectivity index (χ1v) is 7.29. The van der Waals surface area contributed by atoms with E-state index in [-0.39, 0.29) is 5.92 Å². The molecule has 5 heteroatoms. The molecule has 1 unspecified atom stereocenters. The van der Waals surface area contributed by atoms with Gasteiger partial charge in [-0.1, -0.05) is 0 Å². The lowest BCUT2D eigenvalue weighted by molar-refractivity contribution is -0.150. The van der Waals surface area contributed by atoms with Gasteiger partial charge >= 0.3 is 5.97 Å². The van der Waals surface area contributed by atoms with Crippen molar-refractivity contribution in [2.45, 2.75) is 38.1 Å². The number of aliphatic carboxylic acids is 1. The standard InChI is InChI=1S/C14H19N3O2/c18-14(19)13(17-7-15-6-16-17)12-10-2-8-1-9(4-10)5-11(12)3-8/h6-13H,1-5H2,(H,18,19). The van der Waals surface area contributed by atoms with E-state index in [0.29, 0.717) is 11.8 Å². The summed E-state index contributed by atoms with van der Waals surface area (Å²) in [6, 6.07) is -0.516. The Balaban J connectivity index is 1.68. The summed E-state index contributed by atoms with van der Waals surface area (Å²) in [5.41, 5.74) is 0. The number of hydrogen-bond donors (Lipinski definition) is 1. The van der Waals surface area contributed by atoms with Crippen molar-refractivity contribution in [2.75, 3.05) is 0 Å². The lowest BCUT2D eigenvalue weighted by Gasteiger charge is -2.55. The number of carboxylic acid groups (broad SMARTS) is 1. The zero-order valence-corrected chi connectivity index (χ0v) is 10.9. The highest BCUT2D eigenvalue weighted by Crippen LogP contribution is 2.59. The lowest BCUT2D eigenvalue weighted by atomic mass is 9.50. The second kappa shape index (κ2) is 4.05. The molecule has 1 aromatic rings. The zero-order valence-electron chi connectivity index (χ0n) is 10.9. The fraction of sp³-hybridized carbons (Fsp3) is 0.786. The van der Waals surface area contributed by atoms with Crippen molar-refractivity contribution >= 4 is 5.97 Å². The van der Waals surface area contributed by atoms with Crippen LogP contribution in [0.4, 0.5) is 0 Å². The first-order valence-electron chi connectivity index (χ1n) is 7.29. The van der Waals surface area contributed by atoms with Crippen LogP contribution in [0.5, 0.6) is 0 Å². The Hall–Kier alpha value is -1.39. The molecule has 102 valence electrons. The molecule has 0 amide bonds. The highest BCUT2D eigenvalue weighted by Gasteiger charge is 2.52. The van der Waals surface area contributed by atoms with Gasteiger partial charge < -0.3 is 5.11 Å². The van der Waals surface area contributed by atoms with Crippen molar-refractivity contribution in [2.24, 2.45) is 29.6 Å². The minimum absolute atomic E-state index is 0.256. The summed E-state index contributed by atoms with van der Waals surface area (Å²) in [6.07, 6.45) is 9.31. The molecule has 4 aliphatic rings. The number of carbonyl (C=O) groups is 1. The van der Waals surface area contributed by atoms with Crippen LogP contribution in [0.15, 0.2) is 12.7 Å². The molecule has 4 saturated carbocycles. The Morgan fingerprint density at radius 3 is 2.26 bits per heavy atom. The van der Waals surface area contributed by atoms with Gasteiger partial charge in [0.25, 0.3) is 0 Å². The molecule has 0 aliphatic heterocycles. The fourth-order valence-corrected chi connectivity index (χ4v) is 5.30. The molecule has 4 fully saturated rings. The maximum atomic E-state index is 11.7. The third kappa shape index (κ3) is 1.70. The second-order valence-electron chi connectivity index (χ2n) is 6.67. The highest BCUT2D eigenvalue weighted by atomic mass is 16.4. The molecule has 5 nitrogen and oxygen atoms in total. The van der Waals surface area contributed by atoms with E-state index in [1.54, 1.807) is 11.0 Å². The van der Waals surface area contributed by atoms with Gasteiger partial charge in [-0.25, -0.2) is 14.5 Å². The predicted molar refractivity (Wildman–Crippen MR) is 67.2 cm³/mol. The lowest BCUT2D eigenvalue weighted by Crippen LogP contribution is -2.49. The van der Waals surface area contributed by atoms with Gasteiger partial charge in [-0.3, -0.25) is 0 Å². The van der Waals surface area contributed by atoms with E-state index in [0.717, 1.165) is 11.8 Å². The Bertz CT molecular complexity index is 457. The van der Waals surface area contributed by atoms with Crippen molar-refractivity contribution < 1.29 is 9.90 Å². The molecule has 1 atom stereocenters. The van der Waals surface area contributed by atoms with E-state index in [1.807, 2.05) is 0 Å². The third-order valence-electron chi connectivity index (χ3n) is 5.64. The molecule has 0 spiro atoms. The first kappa shape index (κ1) is 11.4. The monoisotopic (exact) mass is 261 g/mol. The van der Waals surface area contributed by atoms with Crippen LogP contribution in [0.2, 0.25) is 0 Å².